The maximum absolute atomic E-state index is 15.5. The van der Waals surface area contributed by atoms with Crippen LogP contribution in [0.2, 0.25) is 5.02 Å². The third-order valence-electron chi connectivity index (χ3n) is 5.30. The van der Waals surface area contributed by atoms with Gasteiger partial charge < -0.3 is 15.3 Å². The highest BCUT2D eigenvalue weighted by Gasteiger charge is 2.23. The molecular weight excluding hydrogens is 513 g/mol. The van der Waals surface area contributed by atoms with E-state index in [0.717, 1.165) is 11.2 Å². The Kier molecular flexibility index (Phi) is 8.04. The molecule has 0 aliphatic rings. The molecule has 2 aromatic heterocycles. The number of amides is 1. The van der Waals surface area contributed by atoms with Crippen molar-refractivity contribution in [3.63, 3.8) is 0 Å². The van der Waals surface area contributed by atoms with Crippen LogP contribution in [-0.2, 0) is 10.0 Å². The van der Waals surface area contributed by atoms with E-state index in [-0.39, 0.29) is 46.5 Å². The van der Waals surface area contributed by atoms with E-state index in [1.807, 2.05) is 13.8 Å². The van der Waals surface area contributed by atoms with Crippen LogP contribution in [-0.4, -0.2) is 70.2 Å². The third-order valence-corrected chi connectivity index (χ3v) is 6.11. The molecule has 0 spiro atoms. The van der Waals surface area contributed by atoms with Crippen molar-refractivity contribution >= 4 is 39.4 Å². The number of anilines is 2. The lowest BCUT2D eigenvalue weighted by atomic mass is 10.0. The van der Waals surface area contributed by atoms with Gasteiger partial charge in [-0.25, -0.2) is 27.6 Å². The number of carbonyl (C=O) groups is 1. The van der Waals surface area contributed by atoms with Crippen LogP contribution in [0.3, 0.4) is 0 Å². The number of rotatable bonds is 9. The molecule has 0 fully saturated rings. The molecule has 194 valence electrons. The van der Waals surface area contributed by atoms with Crippen molar-refractivity contribution in [3.05, 3.63) is 41.4 Å². The Morgan fingerprint density at radius 3 is 2.58 bits per heavy atom. The molecule has 0 radical (unpaired) electrons. The minimum Gasteiger partial charge on any atom is -0.465 e. The highest BCUT2D eigenvalue weighted by atomic mass is 35.5. The van der Waals surface area contributed by atoms with Crippen molar-refractivity contribution in [2.75, 3.05) is 29.9 Å². The first-order chi connectivity index (χ1) is 16.8. The van der Waals surface area contributed by atoms with Crippen molar-refractivity contribution in [1.82, 2.24) is 24.6 Å². The molecule has 0 unspecified atom stereocenters. The number of likely N-dealkylation sites (N-methyl/N-ethyl adjacent to an activating group) is 1. The van der Waals surface area contributed by atoms with Gasteiger partial charge in [-0.1, -0.05) is 11.6 Å². The number of halogens is 2. The average Bonchev–Trinajstić information content (AvgIpc) is 3.24. The van der Waals surface area contributed by atoms with E-state index >= 15 is 4.39 Å². The number of nitrogens with zero attached hydrogens (tertiary/aromatic N) is 5. The summed E-state index contributed by atoms with van der Waals surface area (Å²) in [4.78, 5) is 21.0. The normalized spacial score (nSPS) is 12.4. The van der Waals surface area contributed by atoms with Gasteiger partial charge in [0, 0.05) is 54.2 Å². The van der Waals surface area contributed by atoms with Gasteiger partial charge in [0.25, 0.3) is 0 Å². The Morgan fingerprint density at radius 1 is 1.28 bits per heavy atom. The molecule has 0 aliphatic carbocycles. The Labute approximate surface area is 213 Å². The van der Waals surface area contributed by atoms with Crippen LogP contribution >= 0.6 is 11.6 Å². The number of nitrogens with one attached hydrogen (secondary N) is 2. The van der Waals surface area contributed by atoms with Crippen molar-refractivity contribution < 1.29 is 22.7 Å². The van der Waals surface area contributed by atoms with Gasteiger partial charge in [-0.3, -0.25) is 9.40 Å². The first-order valence-corrected chi connectivity index (χ1v) is 13.1. The molecular formula is C22H27ClFN7O4S. The lowest BCUT2D eigenvalue weighted by molar-refractivity contribution is 0.144. The molecule has 0 bridgehead atoms. The van der Waals surface area contributed by atoms with E-state index in [2.05, 4.69) is 25.1 Å². The van der Waals surface area contributed by atoms with E-state index in [0.29, 0.717) is 11.3 Å². The zero-order chi connectivity index (χ0) is 26.8. The summed E-state index contributed by atoms with van der Waals surface area (Å²) in [5.74, 6) is -0.592. The molecule has 11 nitrogen and oxygen atoms in total. The summed E-state index contributed by atoms with van der Waals surface area (Å²) in [5, 5.41) is 16.8. The zero-order valence-corrected chi connectivity index (χ0v) is 21.9. The van der Waals surface area contributed by atoms with Crippen LogP contribution in [0.1, 0.15) is 26.8 Å². The number of carboxylic acid groups (broad SMARTS) is 1. The lowest BCUT2D eigenvalue weighted by Gasteiger charge is -2.21. The van der Waals surface area contributed by atoms with Gasteiger partial charge in [0.15, 0.2) is 5.82 Å². The molecule has 0 saturated heterocycles. The van der Waals surface area contributed by atoms with Crippen molar-refractivity contribution in [2.45, 2.75) is 32.9 Å². The second-order valence-corrected chi connectivity index (χ2v) is 10.7. The standard InChI is InChI=1S/C22H27ClFN7O4S/c1-12(2)31-11-16(17-6-7-25-21(27-17)26-10-13(3)30(4)22(32)33)20(28-31)15-8-14(23)9-18(19(15)24)29-36(5,34)35/h6-9,11-13,29H,10H2,1-5H3,(H,32,33)(H,25,26,27)/t13-/m1/s1. The van der Waals surface area contributed by atoms with E-state index in [1.165, 1.54) is 25.4 Å². The molecule has 1 aromatic carbocycles. The summed E-state index contributed by atoms with van der Waals surface area (Å²) in [6.45, 7) is 5.80. The van der Waals surface area contributed by atoms with Crippen LogP contribution in [0.4, 0.5) is 20.8 Å². The molecule has 1 amide bonds. The topological polar surface area (TPSA) is 142 Å². The second-order valence-electron chi connectivity index (χ2n) is 8.54. The molecule has 3 rings (SSSR count). The lowest BCUT2D eigenvalue weighted by Crippen LogP contribution is -2.38. The number of hydrogen-bond acceptors (Lipinski definition) is 7. The maximum atomic E-state index is 15.5. The van der Waals surface area contributed by atoms with Crippen LogP contribution < -0.4 is 10.0 Å². The van der Waals surface area contributed by atoms with Crippen LogP contribution in [0.25, 0.3) is 22.5 Å². The van der Waals surface area contributed by atoms with Crippen molar-refractivity contribution in [1.29, 1.82) is 0 Å². The highest BCUT2D eigenvalue weighted by molar-refractivity contribution is 7.92. The molecule has 0 saturated carbocycles. The van der Waals surface area contributed by atoms with Gasteiger partial charge in [0.1, 0.15) is 5.69 Å². The largest absolute Gasteiger partial charge is 0.465 e. The minimum absolute atomic E-state index is 0.00660. The molecule has 3 N–H and O–H groups in total. The fourth-order valence-electron chi connectivity index (χ4n) is 3.24. The molecule has 1 atom stereocenters. The minimum atomic E-state index is -3.76. The fourth-order valence-corrected chi connectivity index (χ4v) is 4.00. The fraction of sp³-hybridized carbons (Fsp3) is 0.364. The molecule has 36 heavy (non-hydrogen) atoms. The summed E-state index contributed by atoms with van der Waals surface area (Å²) in [6.07, 6.45) is 3.07. The number of aromatic nitrogens is 4. The predicted octanol–water partition coefficient (Wildman–Crippen LogP) is 4.16. The Balaban J connectivity index is 2.06. The monoisotopic (exact) mass is 539 g/mol. The molecule has 2 heterocycles. The SMILES string of the molecule is CC(C)n1cc(-c2ccnc(NC[C@@H](C)N(C)C(=O)O)n2)c(-c2cc(Cl)cc(NS(C)(=O)=O)c2F)n1. The quantitative estimate of drug-likeness (QED) is 0.368. The molecule has 0 aliphatic heterocycles. The predicted molar refractivity (Wildman–Crippen MR) is 136 cm³/mol. The molecule has 3 aromatic rings. The smallest absolute Gasteiger partial charge is 0.407 e. The summed E-state index contributed by atoms with van der Waals surface area (Å²) in [6, 6.07) is 3.75. The Hall–Kier alpha value is -3.45. The van der Waals surface area contributed by atoms with Crippen LogP contribution in [0.5, 0.6) is 0 Å². The molecule has 14 heteroatoms. The van der Waals surface area contributed by atoms with Crippen molar-refractivity contribution in [3.8, 4) is 22.5 Å². The summed E-state index contributed by atoms with van der Waals surface area (Å²) >= 11 is 6.19. The van der Waals surface area contributed by atoms with Crippen LogP contribution in [0.15, 0.2) is 30.6 Å². The van der Waals surface area contributed by atoms with Gasteiger partial charge in [0.2, 0.25) is 16.0 Å². The van der Waals surface area contributed by atoms with E-state index in [1.54, 1.807) is 23.9 Å². The summed E-state index contributed by atoms with van der Waals surface area (Å²) in [5.41, 5.74) is 0.797. The summed E-state index contributed by atoms with van der Waals surface area (Å²) in [7, 11) is -2.30. The highest BCUT2D eigenvalue weighted by Crippen LogP contribution is 2.37. The first kappa shape index (κ1) is 27.1. The number of sulfonamides is 1. The number of hydrogen-bond donors (Lipinski definition) is 3. The Morgan fingerprint density at radius 2 is 1.97 bits per heavy atom. The van der Waals surface area contributed by atoms with Gasteiger partial charge in [-0.2, -0.15) is 5.10 Å². The maximum Gasteiger partial charge on any atom is 0.407 e. The average molecular weight is 540 g/mol. The van der Waals surface area contributed by atoms with Gasteiger partial charge in [-0.15, -0.1) is 0 Å². The van der Waals surface area contributed by atoms with Gasteiger partial charge in [0.05, 0.1) is 17.6 Å². The first-order valence-electron chi connectivity index (χ1n) is 10.9. The zero-order valence-electron chi connectivity index (χ0n) is 20.3. The van der Waals surface area contributed by atoms with Crippen LogP contribution in [0, 0.1) is 5.82 Å². The van der Waals surface area contributed by atoms with E-state index < -0.39 is 21.9 Å². The number of benzene rings is 1. The van der Waals surface area contributed by atoms with E-state index in [4.69, 9.17) is 16.7 Å². The summed E-state index contributed by atoms with van der Waals surface area (Å²) < 4.78 is 42.7. The van der Waals surface area contributed by atoms with E-state index in [9.17, 15) is 13.2 Å². The third kappa shape index (κ3) is 6.40. The van der Waals surface area contributed by atoms with Gasteiger partial charge in [-0.05, 0) is 39.0 Å². The van der Waals surface area contributed by atoms with Gasteiger partial charge >= 0.3 is 6.09 Å². The van der Waals surface area contributed by atoms with Crippen molar-refractivity contribution in [2.24, 2.45) is 0 Å². The second kappa shape index (κ2) is 10.7. The Bertz CT molecular complexity index is 1380.